The van der Waals surface area contributed by atoms with Gasteiger partial charge in [0.25, 0.3) is 0 Å². The lowest BCUT2D eigenvalue weighted by Crippen LogP contribution is -2.52. The van der Waals surface area contributed by atoms with Crippen molar-refractivity contribution in [1.29, 1.82) is 0 Å². The van der Waals surface area contributed by atoms with Crippen LogP contribution < -0.4 is 10.1 Å². The van der Waals surface area contributed by atoms with E-state index in [2.05, 4.69) is 70.2 Å². The topological polar surface area (TPSA) is 24.5 Å². The van der Waals surface area contributed by atoms with Crippen LogP contribution in [-0.2, 0) is 0 Å². The van der Waals surface area contributed by atoms with Crippen LogP contribution in [0.3, 0.4) is 0 Å². The molecule has 0 amide bonds. The maximum Gasteiger partial charge on any atom is 0.120 e. The van der Waals surface area contributed by atoms with E-state index < -0.39 is 0 Å². The first-order valence-electron chi connectivity index (χ1n) is 8.02. The summed E-state index contributed by atoms with van der Waals surface area (Å²) in [4.78, 5) is 2.35. The van der Waals surface area contributed by atoms with Crippen LogP contribution in [-0.4, -0.2) is 37.7 Å². The van der Waals surface area contributed by atoms with Gasteiger partial charge in [-0.3, -0.25) is 0 Å². The van der Waals surface area contributed by atoms with E-state index in [1.54, 1.807) is 0 Å². The fourth-order valence-electron chi connectivity index (χ4n) is 3.33. The molecule has 21 heavy (non-hydrogen) atoms. The van der Waals surface area contributed by atoms with Crippen LogP contribution in [0.15, 0.2) is 24.3 Å². The molecule has 0 aliphatic heterocycles. The Hall–Kier alpha value is -1.06. The van der Waals surface area contributed by atoms with E-state index in [-0.39, 0.29) is 17.7 Å². The summed E-state index contributed by atoms with van der Waals surface area (Å²) in [5, 5.41) is 3.53. The highest BCUT2D eigenvalue weighted by molar-refractivity contribution is 5.33. The van der Waals surface area contributed by atoms with Gasteiger partial charge in [0.2, 0.25) is 0 Å². The van der Waals surface area contributed by atoms with Gasteiger partial charge in [0.05, 0.1) is 12.1 Å². The molecule has 0 aliphatic carbocycles. The Labute approximate surface area is 130 Å². The molecule has 0 radical (unpaired) electrons. The van der Waals surface area contributed by atoms with E-state index in [0.717, 1.165) is 18.6 Å². The molecule has 1 atom stereocenters. The zero-order valence-electron chi connectivity index (χ0n) is 14.7. The summed E-state index contributed by atoms with van der Waals surface area (Å²) in [6, 6.07) is 8.76. The number of nitrogens with zero attached hydrogens (tertiary/aromatic N) is 1. The van der Waals surface area contributed by atoms with E-state index in [9.17, 15) is 0 Å². The van der Waals surface area contributed by atoms with Crippen molar-refractivity contribution in [1.82, 2.24) is 10.2 Å². The molecule has 0 aromatic heterocycles. The first-order chi connectivity index (χ1) is 9.91. The summed E-state index contributed by atoms with van der Waals surface area (Å²) >= 11 is 0. The predicted molar refractivity (Wildman–Crippen MR) is 91.0 cm³/mol. The number of benzene rings is 1. The van der Waals surface area contributed by atoms with Crippen LogP contribution >= 0.6 is 0 Å². The average molecular weight is 292 g/mol. The largest absolute Gasteiger partial charge is 0.491 e. The summed E-state index contributed by atoms with van der Waals surface area (Å²) in [5.74, 6) is 0.947. The smallest absolute Gasteiger partial charge is 0.120 e. The summed E-state index contributed by atoms with van der Waals surface area (Å²) in [6.45, 7) is 8.65. The minimum atomic E-state index is 0.102. The molecule has 3 nitrogen and oxygen atoms in total. The summed E-state index contributed by atoms with van der Waals surface area (Å²) in [7, 11) is 6.39. The lowest BCUT2D eigenvalue weighted by Gasteiger charge is -2.45. The fraction of sp³-hybridized carbons (Fsp3) is 0.667. The number of hydrogen-bond acceptors (Lipinski definition) is 3. The molecule has 1 N–H and O–H groups in total. The molecule has 1 aromatic carbocycles. The van der Waals surface area contributed by atoms with Crippen LogP contribution in [0.2, 0.25) is 0 Å². The quantitative estimate of drug-likeness (QED) is 0.787. The fourth-order valence-corrected chi connectivity index (χ4v) is 3.33. The molecule has 120 valence electrons. The Morgan fingerprint density at radius 2 is 1.81 bits per heavy atom. The zero-order valence-corrected chi connectivity index (χ0v) is 14.7. The van der Waals surface area contributed by atoms with Crippen molar-refractivity contribution in [3.05, 3.63) is 29.8 Å². The van der Waals surface area contributed by atoms with Crippen molar-refractivity contribution in [2.45, 2.75) is 58.2 Å². The van der Waals surface area contributed by atoms with Gasteiger partial charge in [-0.15, -0.1) is 0 Å². The molecule has 0 spiro atoms. The van der Waals surface area contributed by atoms with E-state index in [1.807, 2.05) is 13.1 Å². The third-order valence-corrected chi connectivity index (χ3v) is 4.50. The van der Waals surface area contributed by atoms with Gasteiger partial charge in [0, 0.05) is 5.54 Å². The van der Waals surface area contributed by atoms with Crippen LogP contribution in [0, 0.1) is 0 Å². The Kier molecular flexibility index (Phi) is 6.69. The number of likely N-dealkylation sites (N-methyl/N-ethyl adjacent to an activating group) is 2. The van der Waals surface area contributed by atoms with Crippen LogP contribution in [0.5, 0.6) is 5.75 Å². The molecule has 0 saturated heterocycles. The standard InChI is InChI=1S/C18H32N2O/c1-8-18(9-2,20(6)7)17(19-5)15-11-10-12-16(13-15)21-14(3)4/h10-14,17,19H,8-9H2,1-7H3. The first kappa shape index (κ1) is 18.0. The third kappa shape index (κ3) is 3.98. The Morgan fingerprint density at radius 1 is 1.19 bits per heavy atom. The normalized spacial score (nSPS) is 13.8. The summed E-state index contributed by atoms with van der Waals surface area (Å²) in [5.41, 5.74) is 1.39. The molecule has 0 fully saturated rings. The number of hydrogen-bond donors (Lipinski definition) is 1. The monoisotopic (exact) mass is 292 g/mol. The third-order valence-electron chi connectivity index (χ3n) is 4.50. The first-order valence-corrected chi connectivity index (χ1v) is 8.02. The molecule has 3 heteroatoms. The average Bonchev–Trinajstić information content (AvgIpc) is 2.44. The lowest BCUT2D eigenvalue weighted by atomic mass is 9.79. The van der Waals surface area contributed by atoms with Crippen LogP contribution in [0.25, 0.3) is 0 Å². The highest BCUT2D eigenvalue weighted by Crippen LogP contribution is 2.36. The van der Waals surface area contributed by atoms with Gasteiger partial charge < -0.3 is 15.0 Å². The van der Waals surface area contributed by atoms with Gasteiger partial charge >= 0.3 is 0 Å². The molecule has 0 aliphatic rings. The maximum absolute atomic E-state index is 5.85. The molecule has 1 rings (SSSR count). The van der Waals surface area contributed by atoms with Crippen molar-refractivity contribution < 1.29 is 4.74 Å². The minimum Gasteiger partial charge on any atom is -0.491 e. The zero-order chi connectivity index (χ0) is 16.0. The second kappa shape index (κ2) is 7.81. The Balaban J connectivity index is 3.19. The van der Waals surface area contributed by atoms with Crippen molar-refractivity contribution in [3.63, 3.8) is 0 Å². The van der Waals surface area contributed by atoms with Gasteiger partial charge in [-0.1, -0.05) is 26.0 Å². The summed E-state index contributed by atoms with van der Waals surface area (Å²) < 4.78 is 5.85. The van der Waals surface area contributed by atoms with Crippen LogP contribution in [0.4, 0.5) is 0 Å². The number of ether oxygens (including phenoxy) is 1. The number of nitrogens with one attached hydrogen (secondary N) is 1. The SMILES string of the molecule is CCC(CC)(C(NC)c1cccc(OC(C)C)c1)N(C)C. The molecular weight excluding hydrogens is 260 g/mol. The van der Waals surface area contributed by atoms with E-state index in [4.69, 9.17) is 4.74 Å². The molecule has 0 saturated carbocycles. The molecular formula is C18H32N2O. The van der Waals surface area contributed by atoms with Crippen molar-refractivity contribution in [3.8, 4) is 5.75 Å². The highest BCUT2D eigenvalue weighted by atomic mass is 16.5. The molecule has 0 bridgehead atoms. The maximum atomic E-state index is 5.85. The molecule has 0 heterocycles. The van der Waals surface area contributed by atoms with Gasteiger partial charge in [0.1, 0.15) is 5.75 Å². The Bertz CT molecular complexity index is 425. The van der Waals surface area contributed by atoms with Gasteiger partial charge in [-0.25, -0.2) is 0 Å². The molecule has 1 unspecified atom stereocenters. The highest BCUT2D eigenvalue weighted by Gasteiger charge is 2.38. The Morgan fingerprint density at radius 3 is 2.24 bits per heavy atom. The van der Waals surface area contributed by atoms with Crippen molar-refractivity contribution in [2.24, 2.45) is 0 Å². The second-order valence-electron chi connectivity index (χ2n) is 6.17. The van der Waals surface area contributed by atoms with Crippen molar-refractivity contribution >= 4 is 0 Å². The van der Waals surface area contributed by atoms with Gasteiger partial charge in [-0.2, -0.15) is 0 Å². The second-order valence-corrected chi connectivity index (χ2v) is 6.17. The van der Waals surface area contributed by atoms with Crippen LogP contribution in [0.1, 0.15) is 52.1 Å². The number of rotatable bonds is 8. The summed E-state index contributed by atoms with van der Waals surface area (Å²) in [6.07, 6.45) is 2.39. The lowest BCUT2D eigenvalue weighted by molar-refractivity contribution is 0.0916. The predicted octanol–water partition coefficient (Wildman–Crippen LogP) is 3.85. The van der Waals surface area contributed by atoms with Gasteiger partial charge in [-0.05, 0) is 65.5 Å². The van der Waals surface area contributed by atoms with E-state index >= 15 is 0 Å². The molecule has 1 aromatic rings. The van der Waals surface area contributed by atoms with E-state index in [1.165, 1.54) is 5.56 Å². The van der Waals surface area contributed by atoms with E-state index in [0.29, 0.717) is 0 Å². The minimum absolute atomic E-state index is 0.102. The van der Waals surface area contributed by atoms with Gasteiger partial charge in [0.15, 0.2) is 0 Å². The van der Waals surface area contributed by atoms with Crippen molar-refractivity contribution in [2.75, 3.05) is 21.1 Å².